The van der Waals surface area contributed by atoms with Gasteiger partial charge < -0.3 is 4.90 Å². The van der Waals surface area contributed by atoms with Crippen molar-refractivity contribution >= 4 is 29.9 Å². The number of aryl methyl sites for hydroxylation is 1. The molecule has 2 aromatic rings. The Labute approximate surface area is 177 Å². The molecular weight excluding hydrogens is 390 g/mol. The smallest absolute Gasteiger partial charge is 0.285 e. The SMILES string of the molecule is Cc1ccccc1N1CCN(CCCON2C(=O)c3ccccc3C2=O)CC1.Cl. The van der Waals surface area contributed by atoms with Crippen molar-refractivity contribution in [2.24, 2.45) is 0 Å². The fraction of sp³-hybridized carbons (Fsp3) is 0.364. The van der Waals surface area contributed by atoms with Crippen LogP contribution in [0.3, 0.4) is 0 Å². The molecule has 2 heterocycles. The first-order valence-electron chi connectivity index (χ1n) is 9.79. The first-order chi connectivity index (χ1) is 13.6. The lowest BCUT2D eigenvalue weighted by Crippen LogP contribution is -2.47. The van der Waals surface area contributed by atoms with Crippen molar-refractivity contribution < 1.29 is 14.4 Å². The molecule has 0 bridgehead atoms. The predicted molar refractivity (Wildman–Crippen MR) is 115 cm³/mol. The molecule has 2 amide bonds. The zero-order chi connectivity index (χ0) is 19.5. The van der Waals surface area contributed by atoms with E-state index >= 15 is 0 Å². The zero-order valence-electron chi connectivity index (χ0n) is 16.5. The van der Waals surface area contributed by atoms with Crippen molar-refractivity contribution in [3.63, 3.8) is 0 Å². The first kappa shape index (κ1) is 21.3. The largest absolute Gasteiger partial charge is 0.369 e. The highest BCUT2D eigenvalue weighted by atomic mass is 35.5. The van der Waals surface area contributed by atoms with E-state index < -0.39 is 0 Å². The zero-order valence-corrected chi connectivity index (χ0v) is 17.4. The maximum atomic E-state index is 12.3. The van der Waals surface area contributed by atoms with E-state index in [1.165, 1.54) is 11.3 Å². The first-order valence-corrected chi connectivity index (χ1v) is 9.79. The number of hydroxylamine groups is 2. The minimum absolute atomic E-state index is 0. The molecule has 4 rings (SSSR count). The molecular formula is C22H26ClN3O3. The van der Waals surface area contributed by atoms with Gasteiger partial charge in [0.2, 0.25) is 0 Å². The van der Waals surface area contributed by atoms with Gasteiger partial charge in [0.25, 0.3) is 11.8 Å². The van der Waals surface area contributed by atoms with Crippen LogP contribution in [-0.2, 0) is 4.84 Å². The van der Waals surface area contributed by atoms with Gasteiger partial charge in [0.1, 0.15) is 0 Å². The normalized spacial score (nSPS) is 16.7. The third kappa shape index (κ3) is 4.45. The quantitative estimate of drug-likeness (QED) is 0.536. The van der Waals surface area contributed by atoms with Gasteiger partial charge in [-0.1, -0.05) is 30.3 Å². The second-order valence-corrected chi connectivity index (χ2v) is 7.25. The van der Waals surface area contributed by atoms with E-state index in [1.54, 1.807) is 24.3 Å². The van der Waals surface area contributed by atoms with E-state index in [0.717, 1.165) is 44.2 Å². The Kier molecular flexibility index (Phi) is 6.90. The molecule has 2 aliphatic rings. The van der Waals surface area contributed by atoms with E-state index in [2.05, 4.69) is 41.0 Å². The van der Waals surface area contributed by atoms with Crippen LogP contribution in [0.25, 0.3) is 0 Å². The van der Waals surface area contributed by atoms with Gasteiger partial charge in [-0.2, -0.15) is 0 Å². The van der Waals surface area contributed by atoms with Crippen LogP contribution < -0.4 is 4.90 Å². The minimum Gasteiger partial charge on any atom is -0.369 e. The van der Waals surface area contributed by atoms with Gasteiger partial charge in [0.05, 0.1) is 17.7 Å². The van der Waals surface area contributed by atoms with Crippen LogP contribution in [-0.4, -0.2) is 61.1 Å². The topological polar surface area (TPSA) is 53.1 Å². The number of hydrogen-bond acceptors (Lipinski definition) is 5. The van der Waals surface area contributed by atoms with Gasteiger partial charge in [-0.3, -0.25) is 19.3 Å². The summed E-state index contributed by atoms with van der Waals surface area (Å²) < 4.78 is 0. The van der Waals surface area contributed by atoms with Gasteiger partial charge in [-0.25, -0.2) is 0 Å². The Balaban J connectivity index is 0.00000240. The van der Waals surface area contributed by atoms with Crippen LogP contribution >= 0.6 is 12.4 Å². The molecule has 0 saturated carbocycles. The number of carbonyl (C=O) groups is 2. The third-order valence-corrected chi connectivity index (χ3v) is 5.42. The van der Waals surface area contributed by atoms with Crippen LogP contribution in [0.4, 0.5) is 5.69 Å². The molecule has 2 aromatic carbocycles. The number of fused-ring (bicyclic) bond motifs is 1. The van der Waals surface area contributed by atoms with Gasteiger partial charge in [-0.05, 0) is 37.1 Å². The molecule has 7 heteroatoms. The molecule has 0 atom stereocenters. The number of para-hydroxylation sites is 1. The number of carbonyl (C=O) groups excluding carboxylic acids is 2. The molecule has 0 spiro atoms. The van der Waals surface area contributed by atoms with Crippen LogP contribution in [0.5, 0.6) is 0 Å². The molecule has 6 nitrogen and oxygen atoms in total. The molecule has 0 aliphatic carbocycles. The summed E-state index contributed by atoms with van der Waals surface area (Å²) in [5.74, 6) is -0.736. The van der Waals surface area contributed by atoms with Crippen LogP contribution in [0.1, 0.15) is 32.7 Å². The number of benzene rings is 2. The summed E-state index contributed by atoms with van der Waals surface area (Å²) in [6.07, 6.45) is 0.776. The van der Waals surface area contributed by atoms with Gasteiger partial charge in [0.15, 0.2) is 0 Å². The van der Waals surface area contributed by atoms with Crippen LogP contribution in [0.15, 0.2) is 48.5 Å². The number of hydrogen-bond donors (Lipinski definition) is 0. The maximum absolute atomic E-state index is 12.3. The maximum Gasteiger partial charge on any atom is 0.285 e. The number of halogens is 1. The highest BCUT2D eigenvalue weighted by Crippen LogP contribution is 2.23. The summed E-state index contributed by atoms with van der Waals surface area (Å²) in [7, 11) is 0. The summed E-state index contributed by atoms with van der Waals surface area (Å²) in [6, 6.07) is 15.3. The Hall–Kier alpha value is -2.41. The molecule has 1 fully saturated rings. The molecule has 2 aliphatic heterocycles. The molecule has 0 radical (unpaired) electrons. The minimum atomic E-state index is -0.368. The summed E-state index contributed by atoms with van der Waals surface area (Å²) in [6.45, 7) is 7.41. The second kappa shape index (κ2) is 9.39. The van der Waals surface area contributed by atoms with Crippen molar-refractivity contribution in [3.05, 3.63) is 65.2 Å². The van der Waals surface area contributed by atoms with E-state index in [9.17, 15) is 9.59 Å². The van der Waals surface area contributed by atoms with E-state index in [1.807, 2.05) is 0 Å². The van der Waals surface area contributed by atoms with Gasteiger partial charge in [0, 0.05) is 38.4 Å². The second-order valence-electron chi connectivity index (χ2n) is 7.25. The van der Waals surface area contributed by atoms with Crippen molar-refractivity contribution in [2.75, 3.05) is 44.2 Å². The number of amides is 2. The third-order valence-electron chi connectivity index (χ3n) is 5.42. The van der Waals surface area contributed by atoms with Gasteiger partial charge in [-0.15, -0.1) is 17.5 Å². The predicted octanol–water partition coefficient (Wildman–Crippen LogP) is 3.16. The molecule has 0 N–H and O–H groups in total. The monoisotopic (exact) mass is 415 g/mol. The highest BCUT2D eigenvalue weighted by Gasteiger charge is 2.36. The van der Waals surface area contributed by atoms with Gasteiger partial charge >= 0.3 is 0 Å². The summed E-state index contributed by atoms with van der Waals surface area (Å²) in [4.78, 5) is 34.9. The average molecular weight is 416 g/mol. The average Bonchev–Trinajstić information content (AvgIpc) is 2.97. The van der Waals surface area contributed by atoms with E-state index in [4.69, 9.17) is 4.84 Å². The van der Waals surface area contributed by atoms with Crippen molar-refractivity contribution in [3.8, 4) is 0 Å². The fourth-order valence-electron chi connectivity index (χ4n) is 3.86. The lowest BCUT2D eigenvalue weighted by Gasteiger charge is -2.36. The molecule has 0 unspecified atom stereocenters. The van der Waals surface area contributed by atoms with Crippen molar-refractivity contribution in [2.45, 2.75) is 13.3 Å². The Morgan fingerprint density at radius 3 is 2.07 bits per heavy atom. The van der Waals surface area contributed by atoms with E-state index in [0.29, 0.717) is 17.7 Å². The highest BCUT2D eigenvalue weighted by molar-refractivity contribution is 6.20. The Bertz CT molecular complexity index is 846. The van der Waals surface area contributed by atoms with E-state index in [-0.39, 0.29) is 24.2 Å². The summed E-state index contributed by atoms with van der Waals surface area (Å²) in [5, 5.41) is 0.904. The number of imide groups is 1. The molecule has 1 saturated heterocycles. The number of rotatable bonds is 6. The molecule has 154 valence electrons. The standard InChI is InChI=1S/C22H25N3O3.ClH/c1-17-7-2-5-10-20(17)24-14-12-23(13-15-24)11-6-16-28-25-21(26)18-8-3-4-9-19(18)22(25)27;/h2-5,7-10H,6,11-16H2,1H3;1H. The Morgan fingerprint density at radius 1 is 0.862 bits per heavy atom. The molecule has 0 aromatic heterocycles. The van der Waals surface area contributed by atoms with Crippen molar-refractivity contribution in [1.29, 1.82) is 0 Å². The number of anilines is 1. The van der Waals surface area contributed by atoms with Crippen molar-refractivity contribution in [1.82, 2.24) is 9.96 Å². The summed E-state index contributed by atoms with van der Waals surface area (Å²) >= 11 is 0. The number of nitrogens with zero attached hydrogens (tertiary/aromatic N) is 3. The molecule has 29 heavy (non-hydrogen) atoms. The van der Waals surface area contributed by atoms with Crippen LogP contribution in [0.2, 0.25) is 0 Å². The lowest BCUT2D eigenvalue weighted by molar-refractivity contribution is -0.0930. The fourth-order valence-corrected chi connectivity index (χ4v) is 3.86. The summed E-state index contributed by atoms with van der Waals surface area (Å²) in [5.41, 5.74) is 3.46. The Morgan fingerprint density at radius 2 is 1.45 bits per heavy atom. The number of piperazine rings is 1. The lowest BCUT2D eigenvalue weighted by atomic mass is 10.1. The van der Waals surface area contributed by atoms with Crippen LogP contribution in [0, 0.1) is 6.92 Å².